The van der Waals surface area contributed by atoms with Gasteiger partial charge in [0.1, 0.15) is 0 Å². The molecule has 0 spiro atoms. The fourth-order valence-corrected chi connectivity index (χ4v) is 4.22. The molecule has 3 rings (SSSR count). The van der Waals surface area contributed by atoms with Crippen molar-refractivity contribution in [1.29, 1.82) is 0 Å². The summed E-state index contributed by atoms with van der Waals surface area (Å²) in [7, 11) is 0. The quantitative estimate of drug-likeness (QED) is 0.294. The first-order valence-corrected chi connectivity index (χ1v) is 11.2. The molecule has 0 saturated heterocycles. The fourth-order valence-electron chi connectivity index (χ4n) is 4.22. The summed E-state index contributed by atoms with van der Waals surface area (Å²) in [4.78, 5) is 0. The summed E-state index contributed by atoms with van der Waals surface area (Å²) >= 11 is 0. The van der Waals surface area contributed by atoms with Crippen LogP contribution in [0.15, 0.2) is 50.2 Å². The molecule has 0 aromatic carbocycles. The van der Waals surface area contributed by atoms with Crippen LogP contribution < -0.4 is 0 Å². The van der Waals surface area contributed by atoms with Crippen molar-refractivity contribution < 1.29 is 32.7 Å². The third kappa shape index (κ3) is 7.01. The second-order valence-corrected chi connectivity index (χ2v) is 10.9. The van der Waals surface area contributed by atoms with Gasteiger partial charge in [0, 0.05) is 0 Å². The molecule has 0 aliphatic heterocycles. The zero-order chi connectivity index (χ0) is 23.8. The van der Waals surface area contributed by atoms with E-state index in [-0.39, 0.29) is 49.0 Å². The topological polar surface area (TPSA) is 0 Å². The minimum atomic E-state index is 0. The Kier molecular flexibility index (Phi) is 10.5. The average Bonchev–Trinajstić information content (AvgIpc) is 2.99. The maximum absolute atomic E-state index is 3.44. The van der Waals surface area contributed by atoms with Crippen LogP contribution in [0.5, 0.6) is 0 Å². The van der Waals surface area contributed by atoms with Crippen LogP contribution in [0.3, 0.4) is 0 Å². The average molecular weight is 495 g/mol. The van der Waals surface area contributed by atoms with Crippen molar-refractivity contribution in [2.45, 2.75) is 104 Å². The summed E-state index contributed by atoms with van der Waals surface area (Å²) < 4.78 is 0. The molecule has 0 aromatic rings. The van der Waals surface area contributed by atoms with Crippen molar-refractivity contribution in [2.75, 3.05) is 0 Å². The summed E-state index contributed by atoms with van der Waals surface area (Å²) in [5, 5.41) is 0. The van der Waals surface area contributed by atoms with E-state index in [4.69, 9.17) is 0 Å². The summed E-state index contributed by atoms with van der Waals surface area (Å²) in [5.74, 6) is 0. The number of allylic oxidation sites excluding steroid dienone is 12. The van der Waals surface area contributed by atoms with Gasteiger partial charge in [-0.1, -0.05) is 99.3 Å². The molecule has 3 aliphatic carbocycles. The number of rotatable bonds is 0. The molecule has 0 heterocycles. The van der Waals surface area contributed by atoms with Gasteiger partial charge in [-0.3, -0.25) is 18.2 Å². The summed E-state index contributed by atoms with van der Waals surface area (Å²) in [5.41, 5.74) is 13.2. The predicted molar refractivity (Wildman–Crippen MR) is 134 cm³/mol. The number of hydrogen-bond donors (Lipinski definition) is 0. The molecular weight excluding hydrogens is 449 g/mol. The molecule has 0 aromatic heterocycles. The second-order valence-electron chi connectivity index (χ2n) is 10.9. The third-order valence-corrected chi connectivity index (χ3v) is 7.69. The van der Waals surface area contributed by atoms with Gasteiger partial charge >= 0.3 is 32.7 Å². The van der Waals surface area contributed by atoms with Crippen molar-refractivity contribution in [1.82, 2.24) is 0 Å². The first kappa shape index (κ1) is 30.5. The van der Waals surface area contributed by atoms with Gasteiger partial charge in [0.15, 0.2) is 0 Å². The molecule has 31 heavy (non-hydrogen) atoms. The van der Waals surface area contributed by atoms with E-state index in [1.54, 1.807) is 0 Å². The largest absolute Gasteiger partial charge is 3.00 e. The molecular formula is C30H45Y. The first-order valence-electron chi connectivity index (χ1n) is 11.2. The molecule has 0 radical (unpaired) electrons. The van der Waals surface area contributed by atoms with Crippen LogP contribution in [0.4, 0.5) is 0 Å². The van der Waals surface area contributed by atoms with Crippen LogP contribution in [0, 0.1) is 34.5 Å². The van der Waals surface area contributed by atoms with E-state index in [2.05, 4.69) is 122 Å². The van der Waals surface area contributed by atoms with Crippen molar-refractivity contribution >= 4 is 0 Å². The smallest absolute Gasteiger partial charge is 0.263 e. The molecule has 0 atom stereocenters. The molecule has 0 saturated carbocycles. The van der Waals surface area contributed by atoms with Gasteiger partial charge in [-0.2, -0.15) is 33.4 Å². The Bertz CT molecular complexity index is 768. The molecule has 168 valence electrons. The molecule has 0 fully saturated rings. The fraction of sp³-hybridized carbons (Fsp3) is 0.600. The molecule has 0 nitrogen and oxygen atoms in total. The van der Waals surface area contributed by atoms with Crippen molar-refractivity contribution in [3.05, 3.63) is 68.4 Å². The van der Waals surface area contributed by atoms with E-state index in [1.165, 1.54) is 50.2 Å². The Morgan fingerprint density at radius 2 is 0.548 bits per heavy atom. The van der Waals surface area contributed by atoms with Crippen LogP contribution in [-0.2, 0) is 32.7 Å². The van der Waals surface area contributed by atoms with E-state index < -0.39 is 0 Å². The molecule has 0 N–H and O–H groups in total. The van der Waals surface area contributed by atoms with Gasteiger partial charge in [-0.15, -0.1) is 20.8 Å². The molecule has 3 aliphatic rings. The van der Waals surface area contributed by atoms with Crippen LogP contribution >= 0.6 is 0 Å². The van der Waals surface area contributed by atoms with Gasteiger partial charge in [0.25, 0.3) is 0 Å². The van der Waals surface area contributed by atoms with Crippen LogP contribution in [-0.4, -0.2) is 0 Å². The molecule has 0 amide bonds. The van der Waals surface area contributed by atoms with Crippen molar-refractivity contribution in [2.24, 2.45) is 16.2 Å². The van der Waals surface area contributed by atoms with Gasteiger partial charge in [0.2, 0.25) is 0 Å². The minimum Gasteiger partial charge on any atom is -0.263 e. The Labute approximate surface area is 220 Å². The summed E-state index contributed by atoms with van der Waals surface area (Å²) in [6.45, 7) is 32.8. The van der Waals surface area contributed by atoms with Gasteiger partial charge in [-0.05, 0) is 0 Å². The molecule has 1 heteroatoms. The van der Waals surface area contributed by atoms with Crippen molar-refractivity contribution in [3.8, 4) is 0 Å². The molecule has 0 bridgehead atoms. The van der Waals surface area contributed by atoms with Crippen LogP contribution in [0.1, 0.15) is 104 Å². The van der Waals surface area contributed by atoms with Gasteiger partial charge in [0.05, 0.1) is 0 Å². The predicted octanol–water partition coefficient (Wildman–Crippen LogP) is 9.33. The van der Waals surface area contributed by atoms with E-state index in [1.807, 2.05) is 0 Å². The Balaban J connectivity index is 0.000000429. The number of hydrogen-bond acceptors (Lipinski definition) is 0. The van der Waals surface area contributed by atoms with Crippen LogP contribution in [0.25, 0.3) is 0 Å². The van der Waals surface area contributed by atoms with Crippen molar-refractivity contribution in [3.63, 3.8) is 0 Å². The third-order valence-electron chi connectivity index (χ3n) is 7.69. The Hall–Kier alpha value is -0.456. The van der Waals surface area contributed by atoms with E-state index in [9.17, 15) is 0 Å². The van der Waals surface area contributed by atoms with E-state index in [0.717, 1.165) is 0 Å². The first-order chi connectivity index (χ1) is 13.3. The summed E-state index contributed by atoms with van der Waals surface area (Å²) in [6.07, 6.45) is 10.3. The van der Waals surface area contributed by atoms with Crippen LogP contribution in [0.2, 0.25) is 0 Å². The normalized spacial score (nSPS) is 22.7. The Morgan fingerprint density at radius 3 is 0.581 bits per heavy atom. The minimum absolute atomic E-state index is 0. The SMILES string of the molecule is CC1=[C-]C(C)(C)C(C)=C1C.CC1=[C-]C(C)(C)C(C)=C1C.CC1=[C-]C(C)(C)C(C)=C1C.[Y+3]. The second kappa shape index (κ2) is 10.6. The standard InChI is InChI=1S/3C10H15.Y/c3*1-7-6-10(4,5)9(3)8(7)2;/h3*1-5H3;/q3*-1;+3. The van der Waals surface area contributed by atoms with E-state index >= 15 is 0 Å². The zero-order valence-corrected chi connectivity index (χ0v) is 25.9. The Morgan fingerprint density at radius 1 is 0.387 bits per heavy atom. The maximum Gasteiger partial charge on any atom is 3.00 e. The zero-order valence-electron chi connectivity index (χ0n) is 23.1. The van der Waals surface area contributed by atoms with Gasteiger partial charge < -0.3 is 0 Å². The summed E-state index contributed by atoms with van der Waals surface area (Å²) in [6, 6.07) is 0. The van der Waals surface area contributed by atoms with E-state index in [0.29, 0.717) is 0 Å². The molecule has 0 unspecified atom stereocenters. The van der Waals surface area contributed by atoms with Gasteiger partial charge in [-0.25, -0.2) is 16.7 Å². The monoisotopic (exact) mass is 494 g/mol. The maximum atomic E-state index is 3.44.